The molecule has 0 unspecified atom stereocenters. The summed E-state index contributed by atoms with van der Waals surface area (Å²) in [4.78, 5) is 0. The van der Waals surface area contributed by atoms with Crippen molar-refractivity contribution < 1.29 is 4.74 Å². The molecule has 106 valence electrons. The van der Waals surface area contributed by atoms with Crippen LogP contribution in [0.15, 0.2) is 24.3 Å². The van der Waals surface area contributed by atoms with E-state index in [1.807, 2.05) is 0 Å². The molecule has 0 saturated heterocycles. The van der Waals surface area contributed by atoms with Crippen molar-refractivity contribution in [2.75, 3.05) is 0 Å². The highest BCUT2D eigenvalue weighted by molar-refractivity contribution is 5.29. The van der Waals surface area contributed by atoms with E-state index in [4.69, 9.17) is 4.74 Å². The molecular weight excluding hydrogens is 232 g/mol. The van der Waals surface area contributed by atoms with E-state index in [0.29, 0.717) is 12.0 Å². The summed E-state index contributed by atoms with van der Waals surface area (Å²) in [6.45, 7) is 9.14. The van der Waals surface area contributed by atoms with E-state index in [9.17, 15) is 0 Å². The van der Waals surface area contributed by atoms with Crippen LogP contribution in [0, 0.1) is 11.8 Å². The largest absolute Gasteiger partial charge is 0.490 e. The molecule has 1 heteroatoms. The van der Waals surface area contributed by atoms with Gasteiger partial charge in [0.15, 0.2) is 0 Å². The zero-order valence-corrected chi connectivity index (χ0v) is 12.9. The predicted molar refractivity (Wildman–Crippen MR) is 81.7 cm³/mol. The Hall–Kier alpha value is -0.980. The minimum Gasteiger partial charge on any atom is -0.490 e. The van der Waals surface area contributed by atoms with Crippen molar-refractivity contribution in [2.45, 2.75) is 65.4 Å². The minimum atomic E-state index is 0.430. The van der Waals surface area contributed by atoms with Gasteiger partial charge in [0, 0.05) is 0 Å². The molecule has 1 aliphatic rings. The number of benzene rings is 1. The predicted octanol–water partition coefficient (Wildman–Crippen LogP) is 5.40. The molecule has 0 bridgehead atoms. The van der Waals surface area contributed by atoms with Crippen LogP contribution in [-0.4, -0.2) is 6.10 Å². The summed E-state index contributed by atoms with van der Waals surface area (Å²) in [5, 5.41) is 0. The molecule has 0 heterocycles. The van der Waals surface area contributed by atoms with E-state index in [-0.39, 0.29) is 0 Å². The molecule has 19 heavy (non-hydrogen) atoms. The quantitative estimate of drug-likeness (QED) is 0.704. The highest BCUT2D eigenvalue weighted by Crippen LogP contribution is 2.32. The Morgan fingerprint density at radius 1 is 0.895 bits per heavy atom. The van der Waals surface area contributed by atoms with Gasteiger partial charge in [-0.15, -0.1) is 0 Å². The molecule has 1 saturated carbocycles. The van der Waals surface area contributed by atoms with Crippen LogP contribution < -0.4 is 4.74 Å². The molecular formula is C18H28O. The average Bonchev–Trinajstić information content (AvgIpc) is 2.40. The molecule has 1 fully saturated rings. The molecule has 0 spiro atoms. The lowest BCUT2D eigenvalue weighted by atomic mass is 9.80. The molecule has 2 rings (SSSR count). The van der Waals surface area contributed by atoms with Gasteiger partial charge in [-0.3, -0.25) is 0 Å². The van der Waals surface area contributed by atoms with Crippen LogP contribution in [0.2, 0.25) is 0 Å². The first kappa shape index (κ1) is 14.4. The van der Waals surface area contributed by atoms with E-state index >= 15 is 0 Å². The Morgan fingerprint density at radius 3 is 1.95 bits per heavy atom. The van der Waals surface area contributed by atoms with Gasteiger partial charge in [-0.05, 0) is 61.1 Å². The molecule has 1 nitrogen and oxygen atoms in total. The van der Waals surface area contributed by atoms with Gasteiger partial charge in [-0.2, -0.15) is 0 Å². The summed E-state index contributed by atoms with van der Waals surface area (Å²) in [5.41, 5.74) is 1.39. The number of ether oxygens (including phenoxy) is 1. The number of rotatable bonds is 4. The fraction of sp³-hybridized carbons (Fsp3) is 0.667. The van der Waals surface area contributed by atoms with Crippen molar-refractivity contribution >= 4 is 0 Å². The van der Waals surface area contributed by atoms with E-state index in [2.05, 4.69) is 52.0 Å². The van der Waals surface area contributed by atoms with Crippen LogP contribution in [0.3, 0.4) is 0 Å². The zero-order valence-electron chi connectivity index (χ0n) is 12.9. The van der Waals surface area contributed by atoms with Crippen LogP contribution in [0.5, 0.6) is 5.75 Å². The van der Waals surface area contributed by atoms with Gasteiger partial charge in [-0.25, -0.2) is 0 Å². The average molecular weight is 260 g/mol. The van der Waals surface area contributed by atoms with E-state index in [1.165, 1.54) is 31.2 Å². The summed E-state index contributed by atoms with van der Waals surface area (Å²) in [7, 11) is 0. The van der Waals surface area contributed by atoms with Crippen molar-refractivity contribution in [3.63, 3.8) is 0 Å². The van der Waals surface area contributed by atoms with Crippen LogP contribution in [-0.2, 0) is 0 Å². The van der Waals surface area contributed by atoms with Gasteiger partial charge < -0.3 is 4.74 Å². The van der Waals surface area contributed by atoms with Gasteiger partial charge in [0.1, 0.15) is 5.75 Å². The third kappa shape index (κ3) is 3.99. The van der Waals surface area contributed by atoms with Gasteiger partial charge in [0.05, 0.1) is 6.10 Å². The second-order valence-corrected chi connectivity index (χ2v) is 6.62. The van der Waals surface area contributed by atoms with Crippen molar-refractivity contribution in [3.8, 4) is 5.75 Å². The lowest BCUT2D eigenvalue weighted by Crippen LogP contribution is -2.26. The van der Waals surface area contributed by atoms with E-state index < -0.39 is 0 Å². The lowest BCUT2D eigenvalue weighted by molar-refractivity contribution is 0.117. The second kappa shape index (κ2) is 6.45. The SMILES string of the molecule is CC(C)c1ccc(OC2CCC(C(C)C)CC2)cc1. The fourth-order valence-electron chi connectivity index (χ4n) is 3.00. The Balaban J connectivity index is 1.85. The highest BCUT2D eigenvalue weighted by atomic mass is 16.5. The summed E-state index contributed by atoms with van der Waals surface area (Å²) in [6.07, 6.45) is 5.52. The number of hydrogen-bond acceptors (Lipinski definition) is 1. The summed E-state index contributed by atoms with van der Waals surface area (Å²) in [5.74, 6) is 3.36. The normalized spacial score (nSPS) is 23.9. The summed E-state index contributed by atoms with van der Waals surface area (Å²) >= 11 is 0. The molecule has 0 N–H and O–H groups in total. The first-order valence-electron chi connectivity index (χ1n) is 7.83. The van der Waals surface area contributed by atoms with E-state index in [1.54, 1.807) is 0 Å². The molecule has 0 atom stereocenters. The zero-order chi connectivity index (χ0) is 13.8. The smallest absolute Gasteiger partial charge is 0.119 e. The van der Waals surface area contributed by atoms with Gasteiger partial charge >= 0.3 is 0 Å². The van der Waals surface area contributed by atoms with Crippen LogP contribution >= 0.6 is 0 Å². The Bertz CT molecular complexity index is 369. The van der Waals surface area contributed by atoms with Crippen molar-refractivity contribution in [1.82, 2.24) is 0 Å². The second-order valence-electron chi connectivity index (χ2n) is 6.62. The maximum Gasteiger partial charge on any atom is 0.119 e. The van der Waals surface area contributed by atoms with Crippen molar-refractivity contribution in [2.24, 2.45) is 11.8 Å². The maximum atomic E-state index is 6.12. The Morgan fingerprint density at radius 2 is 1.47 bits per heavy atom. The third-order valence-corrected chi connectivity index (χ3v) is 4.51. The standard InChI is InChI=1S/C18H28O/c1-13(2)15-5-9-17(10-6-15)19-18-11-7-16(8-12-18)14(3)4/h5-6,9-10,13-14,16,18H,7-8,11-12H2,1-4H3. The number of hydrogen-bond donors (Lipinski definition) is 0. The van der Waals surface area contributed by atoms with E-state index in [0.717, 1.165) is 17.6 Å². The van der Waals surface area contributed by atoms with Crippen LogP contribution in [0.4, 0.5) is 0 Å². The molecule has 1 aromatic rings. The maximum absolute atomic E-state index is 6.12. The van der Waals surface area contributed by atoms with Gasteiger partial charge in [-0.1, -0.05) is 39.8 Å². The van der Waals surface area contributed by atoms with Gasteiger partial charge in [0.25, 0.3) is 0 Å². The molecule has 0 radical (unpaired) electrons. The first-order chi connectivity index (χ1) is 9.06. The van der Waals surface area contributed by atoms with Gasteiger partial charge in [0.2, 0.25) is 0 Å². The summed E-state index contributed by atoms with van der Waals surface area (Å²) in [6, 6.07) is 8.65. The van der Waals surface area contributed by atoms with Crippen LogP contribution in [0.1, 0.15) is 64.9 Å². The molecule has 1 aliphatic carbocycles. The molecule has 0 aromatic heterocycles. The topological polar surface area (TPSA) is 9.23 Å². The minimum absolute atomic E-state index is 0.430. The fourth-order valence-corrected chi connectivity index (χ4v) is 3.00. The third-order valence-electron chi connectivity index (χ3n) is 4.51. The Labute approximate surface area is 118 Å². The monoisotopic (exact) mass is 260 g/mol. The molecule has 1 aromatic carbocycles. The van der Waals surface area contributed by atoms with Crippen LogP contribution in [0.25, 0.3) is 0 Å². The summed E-state index contributed by atoms with van der Waals surface area (Å²) < 4.78 is 6.12. The lowest BCUT2D eigenvalue weighted by Gasteiger charge is -2.31. The highest BCUT2D eigenvalue weighted by Gasteiger charge is 2.24. The Kier molecular flexibility index (Phi) is 4.90. The molecule has 0 amide bonds. The van der Waals surface area contributed by atoms with Crippen molar-refractivity contribution in [1.29, 1.82) is 0 Å². The molecule has 0 aliphatic heterocycles. The van der Waals surface area contributed by atoms with Crippen molar-refractivity contribution in [3.05, 3.63) is 29.8 Å². The first-order valence-corrected chi connectivity index (χ1v) is 7.83.